The second-order valence-electron chi connectivity index (χ2n) is 8.82. The summed E-state index contributed by atoms with van der Waals surface area (Å²) in [6, 6.07) is 27.7. The molecule has 0 aliphatic carbocycles. The van der Waals surface area contributed by atoms with Gasteiger partial charge in [-0.15, -0.1) is 0 Å². The van der Waals surface area contributed by atoms with Crippen LogP contribution in [0, 0.1) is 6.92 Å². The van der Waals surface area contributed by atoms with Crippen LogP contribution >= 0.6 is 0 Å². The first kappa shape index (κ1) is 24.7. The molecule has 5 rings (SSSR count). The van der Waals surface area contributed by atoms with Gasteiger partial charge in [0.25, 0.3) is 5.91 Å². The van der Waals surface area contributed by atoms with Crippen molar-refractivity contribution in [1.29, 1.82) is 0 Å². The smallest absolute Gasteiger partial charge is 0.340 e. The van der Waals surface area contributed by atoms with E-state index in [1.54, 1.807) is 65.3 Å². The molecule has 2 aromatic heterocycles. The Bertz CT molecular complexity index is 1630. The third kappa shape index (κ3) is 5.39. The molecule has 8 heteroatoms. The number of para-hydroxylation sites is 1. The Morgan fingerprint density at radius 3 is 2.18 bits per heavy atom. The number of benzene rings is 3. The molecule has 0 bridgehead atoms. The van der Waals surface area contributed by atoms with Crippen LogP contribution in [-0.2, 0) is 11.2 Å². The molecule has 8 nitrogen and oxygen atoms in total. The van der Waals surface area contributed by atoms with Crippen molar-refractivity contribution in [3.8, 4) is 5.69 Å². The largest absolute Gasteiger partial charge is 0.460 e. The van der Waals surface area contributed by atoms with Gasteiger partial charge in [0.1, 0.15) is 6.61 Å². The van der Waals surface area contributed by atoms with Crippen molar-refractivity contribution >= 4 is 23.0 Å². The van der Waals surface area contributed by atoms with Crippen LogP contribution < -0.4 is 10.9 Å². The molecule has 0 spiro atoms. The van der Waals surface area contributed by atoms with Crippen LogP contribution in [0.4, 0.5) is 0 Å². The van der Waals surface area contributed by atoms with Crippen LogP contribution in [0.1, 0.15) is 32.0 Å². The number of aromatic nitrogens is 2. The third-order valence-electron chi connectivity index (χ3n) is 6.10. The van der Waals surface area contributed by atoms with Crippen LogP contribution in [-0.4, -0.2) is 34.3 Å². The molecule has 5 aromatic rings. The molecular weight excluding hydrogens is 482 g/mol. The highest BCUT2D eigenvalue weighted by Gasteiger charge is 2.21. The van der Waals surface area contributed by atoms with E-state index in [-0.39, 0.29) is 18.9 Å². The zero-order chi connectivity index (χ0) is 26.5. The molecule has 0 unspecified atom stereocenters. The summed E-state index contributed by atoms with van der Waals surface area (Å²) in [6.07, 6.45) is 0.0921. The van der Waals surface area contributed by atoms with Crippen molar-refractivity contribution in [2.24, 2.45) is 0 Å². The highest BCUT2D eigenvalue weighted by atomic mass is 16.5. The maximum absolute atomic E-state index is 13.0. The van der Waals surface area contributed by atoms with E-state index < -0.39 is 17.6 Å². The van der Waals surface area contributed by atoms with Crippen molar-refractivity contribution < 1.29 is 18.7 Å². The first-order valence-electron chi connectivity index (χ1n) is 12.2. The van der Waals surface area contributed by atoms with Crippen LogP contribution in [0.2, 0.25) is 0 Å². The van der Waals surface area contributed by atoms with Gasteiger partial charge < -0.3 is 14.5 Å². The second-order valence-corrected chi connectivity index (χ2v) is 8.82. The van der Waals surface area contributed by atoms with Gasteiger partial charge in [-0.2, -0.15) is 9.78 Å². The Morgan fingerprint density at radius 1 is 0.921 bits per heavy atom. The Balaban J connectivity index is 1.43. The lowest BCUT2D eigenvalue weighted by Gasteiger charge is -2.19. The van der Waals surface area contributed by atoms with E-state index in [4.69, 9.17) is 9.15 Å². The van der Waals surface area contributed by atoms with E-state index >= 15 is 0 Å². The van der Waals surface area contributed by atoms with Crippen molar-refractivity contribution in [1.82, 2.24) is 15.1 Å². The number of nitrogens with zero attached hydrogens (tertiary/aromatic N) is 2. The molecule has 0 saturated carbocycles. The average Bonchev–Trinajstić information content (AvgIpc) is 3.27. The normalized spacial score (nSPS) is 11.7. The first-order chi connectivity index (χ1) is 18.5. The number of fused-ring (bicyclic) bond motifs is 1. The number of hydrogen-bond acceptors (Lipinski definition) is 6. The Kier molecular flexibility index (Phi) is 7.13. The molecular formula is C30H25N3O5. The van der Waals surface area contributed by atoms with Crippen LogP contribution in [0.5, 0.6) is 0 Å². The summed E-state index contributed by atoms with van der Waals surface area (Å²) in [6.45, 7) is 1.70. The van der Waals surface area contributed by atoms with Gasteiger partial charge in [0.05, 0.1) is 28.4 Å². The van der Waals surface area contributed by atoms with Crippen LogP contribution in [0.15, 0.2) is 106 Å². The number of hydrogen-bond donors (Lipinski definition) is 1. The average molecular weight is 508 g/mol. The maximum atomic E-state index is 13.0. The molecule has 0 saturated heterocycles. The van der Waals surface area contributed by atoms with E-state index in [2.05, 4.69) is 10.4 Å². The van der Waals surface area contributed by atoms with Crippen molar-refractivity contribution in [2.45, 2.75) is 19.4 Å². The lowest BCUT2D eigenvalue weighted by Crippen LogP contribution is -2.41. The van der Waals surface area contributed by atoms with Gasteiger partial charge in [-0.1, -0.05) is 54.6 Å². The highest BCUT2D eigenvalue weighted by Crippen LogP contribution is 2.22. The van der Waals surface area contributed by atoms with Gasteiger partial charge in [0, 0.05) is 17.5 Å². The Hall–Kier alpha value is -4.98. The number of esters is 1. The molecule has 3 aromatic carbocycles. The monoisotopic (exact) mass is 507 g/mol. The lowest BCUT2D eigenvalue weighted by molar-refractivity contribution is 0.0456. The topological polar surface area (TPSA) is 103 Å². The Morgan fingerprint density at radius 2 is 1.53 bits per heavy atom. The summed E-state index contributed by atoms with van der Waals surface area (Å²) in [5, 5.41) is 8.12. The minimum Gasteiger partial charge on any atom is -0.460 e. The van der Waals surface area contributed by atoms with Crippen molar-refractivity contribution in [3.05, 3.63) is 130 Å². The number of ether oxygens (including phenoxy) is 1. The van der Waals surface area contributed by atoms with E-state index in [1.807, 2.05) is 43.3 Å². The number of aryl methyl sites for hydroxylation is 1. The summed E-state index contributed by atoms with van der Waals surface area (Å²) in [7, 11) is 0. The first-order valence-corrected chi connectivity index (χ1v) is 12.2. The third-order valence-corrected chi connectivity index (χ3v) is 6.10. The predicted octanol–water partition coefficient (Wildman–Crippen LogP) is 4.49. The van der Waals surface area contributed by atoms with E-state index in [1.165, 1.54) is 0 Å². The summed E-state index contributed by atoms with van der Waals surface area (Å²) in [5.74, 6) is -0.864. The predicted molar refractivity (Wildman–Crippen MR) is 142 cm³/mol. The molecule has 1 atom stereocenters. The van der Waals surface area contributed by atoms with Gasteiger partial charge in [0.15, 0.2) is 0 Å². The molecule has 38 heavy (non-hydrogen) atoms. The molecule has 1 amide bonds. The van der Waals surface area contributed by atoms with E-state index in [9.17, 15) is 14.4 Å². The SMILES string of the molecule is Cc1nn(-c2ccccc2)c2oc(=O)c(C[C@@H](COC(=O)c3ccccc3)NC(=O)c3ccccc3)cc12. The minimum absolute atomic E-state index is 0.0921. The molecule has 190 valence electrons. The molecule has 1 N–H and O–H groups in total. The lowest BCUT2D eigenvalue weighted by atomic mass is 10.1. The number of carbonyl (C=O) groups is 2. The number of nitrogens with one attached hydrogen (secondary N) is 1. The zero-order valence-electron chi connectivity index (χ0n) is 20.7. The van der Waals surface area contributed by atoms with Gasteiger partial charge in [0.2, 0.25) is 5.71 Å². The molecule has 0 aliphatic rings. The second kappa shape index (κ2) is 11.0. The summed E-state index contributed by atoms with van der Waals surface area (Å²) < 4.78 is 12.8. The highest BCUT2D eigenvalue weighted by molar-refractivity contribution is 5.94. The van der Waals surface area contributed by atoms with Crippen LogP contribution in [0.25, 0.3) is 16.8 Å². The standard InChI is InChI=1S/C30H25N3O5/c1-20-26-18-23(30(36)38-28(26)33(32-20)25-15-9-4-10-16-25)17-24(31-27(34)21-11-5-2-6-12-21)19-37-29(35)22-13-7-3-8-14-22/h2-16,18,24H,17,19H2,1H3,(H,31,34)/t24-/m0/s1. The molecule has 0 fully saturated rings. The number of amides is 1. The van der Waals surface area contributed by atoms with E-state index in [0.29, 0.717) is 33.5 Å². The fourth-order valence-electron chi connectivity index (χ4n) is 4.16. The minimum atomic E-state index is -0.680. The quantitative estimate of drug-likeness (QED) is 0.311. The number of carbonyl (C=O) groups excluding carboxylic acids is 2. The van der Waals surface area contributed by atoms with Gasteiger partial charge in [-0.25, -0.2) is 9.59 Å². The number of rotatable bonds is 8. The zero-order valence-corrected chi connectivity index (χ0v) is 20.7. The van der Waals surface area contributed by atoms with Gasteiger partial charge >= 0.3 is 11.6 Å². The fraction of sp³-hybridized carbons (Fsp3) is 0.133. The van der Waals surface area contributed by atoms with E-state index in [0.717, 1.165) is 5.69 Å². The van der Waals surface area contributed by atoms with Gasteiger partial charge in [-0.3, -0.25) is 4.79 Å². The van der Waals surface area contributed by atoms with Gasteiger partial charge in [-0.05, 0) is 49.4 Å². The summed E-state index contributed by atoms with van der Waals surface area (Å²) >= 11 is 0. The maximum Gasteiger partial charge on any atom is 0.340 e. The molecule has 0 aliphatic heterocycles. The summed E-state index contributed by atoms with van der Waals surface area (Å²) in [4.78, 5) is 38.5. The van der Waals surface area contributed by atoms with Crippen molar-refractivity contribution in [3.63, 3.8) is 0 Å². The Labute approximate surface area is 218 Å². The summed E-state index contributed by atoms with van der Waals surface area (Å²) in [5.41, 5.74) is 2.42. The fourth-order valence-corrected chi connectivity index (χ4v) is 4.16. The van der Waals surface area contributed by atoms with Crippen molar-refractivity contribution in [2.75, 3.05) is 6.61 Å². The molecule has 2 heterocycles. The molecule has 0 radical (unpaired) electrons. The van der Waals surface area contributed by atoms with Crippen LogP contribution in [0.3, 0.4) is 0 Å².